The van der Waals surface area contributed by atoms with Gasteiger partial charge in [-0.25, -0.2) is 4.39 Å². The van der Waals surface area contributed by atoms with Crippen LogP contribution in [0.5, 0.6) is 11.5 Å². The highest BCUT2D eigenvalue weighted by Crippen LogP contribution is 2.30. The zero-order valence-corrected chi connectivity index (χ0v) is 19.9. The number of methoxy groups -OCH3 is 1. The van der Waals surface area contributed by atoms with Crippen LogP contribution >= 0.6 is 0 Å². The lowest BCUT2D eigenvalue weighted by atomic mass is 9.95. The lowest BCUT2D eigenvalue weighted by Gasteiger charge is -2.31. The molecule has 0 saturated heterocycles. The van der Waals surface area contributed by atoms with E-state index in [1.54, 1.807) is 25.1 Å². The molecule has 35 heavy (non-hydrogen) atoms. The second-order valence-corrected chi connectivity index (χ2v) is 8.51. The van der Waals surface area contributed by atoms with Crippen LogP contribution in [-0.4, -0.2) is 47.4 Å². The average molecular weight is 488 g/mol. The third-order valence-electron chi connectivity index (χ3n) is 6.13. The van der Waals surface area contributed by atoms with E-state index >= 15 is 0 Å². The highest BCUT2D eigenvalue weighted by Gasteiger charge is 2.29. The van der Waals surface area contributed by atoms with E-state index in [1.165, 1.54) is 36.3 Å². The molecule has 10 heteroatoms. The molecule has 1 N–H and O–H groups in total. The van der Waals surface area contributed by atoms with Gasteiger partial charge in [0.05, 0.1) is 12.0 Å². The van der Waals surface area contributed by atoms with E-state index in [0.29, 0.717) is 0 Å². The fourth-order valence-electron chi connectivity index (χ4n) is 4.09. The van der Waals surface area contributed by atoms with Gasteiger partial charge in [0.25, 0.3) is 5.91 Å². The van der Waals surface area contributed by atoms with Gasteiger partial charge < -0.3 is 19.7 Å². The number of rotatable bonds is 10. The maximum absolute atomic E-state index is 14.3. The van der Waals surface area contributed by atoms with Gasteiger partial charge in [0.15, 0.2) is 6.61 Å². The van der Waals surface area contributed by atoms with Crippen molar-refractivity contribution in [2.24, 2.45) is 0 Å². The molecule has 9 nitrogen and oxygen atoms in total. The van der Waals surface area contributed by atoms with Crippen LogP contribution in [-0.2, 0) is 16.1 Å². The summed E-state index contributed by atoms with van der Waals surface area (Å²) < 4.78 is 24.9. The fourth-order valence-corrected chi connectivity index (χ4v) is 4.09. The number of nitro groups is 1. The van der Waals surface area contributed by atoms with E-state index in [0.717, 1.165) is 32.1 Å². The molecule has 0 heterocycles. The van der Waals surface area contributed by atoms with Gasteiger partial charge in [-0.1, -0.05) is 37.5 Å². The Morgan fingerprint density at radius 2 is 1.91 bits per heavy atom. The Kier molecular flexibility index (Phi) is 8.99. The number of carbonyl (C=O) groups is 2. The first kappa shape index (κ1) is 25.9. The maximum Gasteiger partial charge on any atom is 0.311 e. The fraction of sp³-hybridized carbons (Fsp3) is 0.440. The van der Waals surface area contributed by atoms with Gasteiger partial charge in [-0.2, -0.15) is 0 Å². The summed E-state index contributed by atoms with van der Waals surface area (Å²) in [7, 11) is 1.29. The summed E-state index contributed by atoms with van der Waals surface area (Å²) in [5.41, 5.74) is 0.0375. The van der Waals surface area contributed by atoms with E-state index < -0.39 is 29.3 Å². The maximum atomic E-state index is 14.3. The number of hydrogen-bond donors (Lipinski definition) is 1. The van der Waals surface area contributed by atoms with Crippen molar-refractivity contribution in [1.29, 1.82) is 0 Å². The molecule has 3 rings (SSSR count). The summed E-state index contributed by atoms with van der Waals surface area (Å²) in [5.74, 6) is -1.14. The number of ether oxygens (including phenoxy) is 2. The largest absolute Gasteiger partial charge is 0.490 e. The number of carbonyl (C=O) groups excluding carboxylic acids is 2. The van der Waals surface area contributed by atoms with Gasteiger partial charge in [0.1, 0.15) is 17.6 Å². The lowest BCUT2D eigenvalue weighted by molar-refractivity contribution is -0.385. The molecule has 0 aromatic heterocycles. The van der Waals surface area contributed by atoms with Crippen LogP contribution in [0.2, 0.25) is 0 Å². The normalized spacial score (nSPS) is 14.6. The van der Waals surface area contributed by atoms with Crippen LogP contribution in [0.25, 0.3) is 0 Å². The molecule has 0 aliphatic heterocycles. The minimum absolute atomic E-state index is 0.0108. The van der Waals surface area contributed by atoms with Crippen molar-refractivity contribution >= 4 is 17.5 Å². The first-order valence-electron chi connectivity index (χ1n) is 11.6. The van der Waals surface area contributed by atoms with Crippen LogP contribution in [0.4, 0.5) is 10.1 Å². The van der Waals surface area contributed by atoms with Crippen LogP contribution in [0.1, 0.15) is 44.6 Å². The Morgan fingerprint density at radius 1 is 1.20 bits per heavy atom. The number of halogens is 1. The molecule has 0 spiro atoms. The molecule has 1 aliphatic carbocycles. The SMILES string of the molecule is COc1cc(OCC(=O)N(Cc2ccccc2F)C(C)C(=O)NC2CCCCC2)ccc1[N+](=O)[O-]. The van der Waals surface area contributed by atoms with Gasteiger partial charge in [0.2, 0.25) is 11.7 Å². The number of hydrogen-bond acceptors (Lipinski definition) is 6. The minimum Gasteiger partial charge on any atom is -0.490 e. The summed E-state index contributed by atoms with van der Waals surface area (Å²) >= 11 is 0. The van der Waals surface area contributed by atoms with Gasteiger partial charge in [-0.3, -0.25) is 19.7 Å². The molecule has 2 amide bonds. The number of nitrogens with one attached hydrogen (secondary N) is 1. The van der Waals surface area contributed by atoms with Crippen molar-refractivity contribution in [1.82, 2.24) is 10.2 Å². The molecule has 1 unspecified atom stereocenters. The zero-order chi connectivity index (χ0) is 25.4. The van der Waals surface area contributed by atoms with Crippen molar-refractivity contribution < 1.29 is 28.4 Å². The molecule has 2 aromatic carbocycles. The van der Waals surface area contributed by atoms with E-state index in [1.807, 2.05) is 0 Å². The van der Waals surface area contributed by atoms with Crippen LogP contribution < -0.4 is 14.8 Å². The molecule has 1 aliphatic rings. The summed E-state index contributed by atoms with van der Waals surface area (Å²) in [6.07, 6.45) is 5.02. The topological polar surface area (TPSA) is 111 Å². The van der Waals surface area contributed by atoms with Gasteiger partial charge >= 0.3 is 5.69 Å². The Labute approximate surface area is 203 Å². The van der Waals surface area contributed by atoms with Crippen molar-refractivity contribution in [3.8, 4) is 11.5 Å². The van der Waals surface area contributed by atoms with Crippen LogP contribution in [0.15, 0.2) is 42.5 Å². The number of nitrogens with zero attached hydrogens (tertiary/aromatic N) is 2. The number of nitro benzene ring substituents is 1. The van der Waals surface area contributed by atoms with E-state index in [2.05, 4.69) is 5.32 Å². The summed E-state index contributed by atoms with van der Waals surface area (Å²) in [6.45, 7) is 1.04. The predicted octanol–water partition coefficient (Wildman–Crippen LogP) is 3.99. The second-order valence-electron chi connectivity index (χ2n) is 8.51. The molecule has 1 fully saturated rings. The van der Waals surface area contributed by atoms with Gasteiger partial charge in [0, 0.05) is 30.3 Å². The summed E-state index contributed by atoms with van der Waals surface area (Å²) in [4.78, 5) is 37.9. The number of amides is 2. The molecule has 188 valence electrons. The molecular weight excluding hydrogens is 457 g/mol. The third-order valence-corrected chi connectivity index (χ3v) is 6.13. The van der Waals surface area contributed by atoms with E-state index in [-0.39, 0.29) is 41.2 Å². The molecular formula is C25H30FN3O6. The van der Waals surface area contributed by atoms with Crippen LogP contribution in [0, 0.1) is 15.9 Å². The Bertz CT molecular complexity index is 1060. The smallest absolute Gasteiger partial charge is 0.311 e. The van der Waals surface area contributed by atoms with E-state index in [4.69, 9.17) is 9.47 Å². The van der Waals surface area contributed by atoms with E-state index in [9.17, 15) is 24.1 Å². The molecule has 1 atom stereocenters. The standard InChI is InChI=1S/C25H30FN3O6/c1-17(25(31)27-19-9-4-3-5-10-19)28(15-18-8-6-7-11-21(18)26)24(30)16-35-20-12-13-22(29(32)33)23(14-20)34-2/h6-8,11-14,17,19H,3-5,9-10,15-16H2,1-2H3,(H,27,31). The summed E-state index contributed by atoms with van der Waals surface area (Å²) in [6, 6.07) is 9.15. The first-order valence-corrected chi connectivity index (χ1v) is 11.6. The highest BCUT2D eigenvalue weighted by atomic mass is 19.1. The van der Waals surface area contributed by atoms with Crippen molar-refractivity contribution in [2.45, 2.75) is 57.7 Å². The van der Waals surface area contributed by atoms with Crippen molar-refractivity contribution in [2.75, 3.05) is 13.7 Å². The zero-order valence-electron chi connectivity index (χ0n) is 19.9. The number of benzene rings is 2. The molecule has 0 bridgehead atoms. The van der Waals surface area contributed by atoms with Gasteiger partial charge in [-0.15, -0.1) is 0 Å². The Hall–Kier alpha value is -3.69. The predicted molar refractivity (Wildman–Crippen MR) is 127 cm³/mol. The molecule has 2 aromatic rings. The van der Waals surface area contributed by atoms with Crippen molar-refractivity contribution in [3.63, 3.8) is 0 Å². The third kappa shape index (κ3) is 6.91. The Morgan fingerprint density at radius 3 is 2.57 bits per heavy atom. The monoisotopic (exact) mass is 487 g/mol. The average Bonchev–Trinajstić information content (AvgIpc) is 2.86. The minimum atomic E-state index is -0.862. The lowest BCUT2D eigenvalue weighted by Crippen LogP contribution is -2.51. The molecule has 1 saturated carbocycles. The first-order chi connectivity index (χ1) is 16.8. The quantitative estimate of drug-likeness (QED) is 0.401. The molecule has 0 radical (unpaired) electrons. The van der Waals surface area contributed by atoms with Gasteiger partial charge in [-0.05, 0) is 31.9 Å². The van der Waals surface area contributed by atoms with Crippen LogP contribution in [0.3, 0.4) is 0 Å². The highest BCUT2D eigenvalue weighted by molar-refractivity contribution is 5.88. The Balaban J connectivity index is 1.74. The summed E-state index contributed by atoms with van der Waals surface area (Å²) in [5, 5.41) is 14.1. The second kappa shape index (κ2) is 12.1. The van der Waals surface area contributed by atoms with Crippen molar-refractivity contribution in [3.05, 3.63) is 64.0 Å².